The van der Waals surface area contributed by atoms with Crippen molar-refractivity contribution in [3.05, 3.63) is 97.1 Å². The normalized spacial score (nSPS) is 12.1. The van der Waals surface area contributed by atoms with Gasteiger partial charge in [-0.3, -0.25) is 9.59 Å². The highest BCUT2D eigenvalue weighted by Crippen LogP contribution is 2.24. The van der Waals surface area contributed by atoms with Gasteiger partial charge in [0.2, 0.25) is 11.8 Å². The Balaban J connectivity index is 1.02. The maximum absolute atomic E-state index is 12.5. The summed E-state index contributed by atoms with van der Waals surface area (Å²) in [4.78, 5) is 34.6. The van der Waals surface area contributed by atoms with Crippen LogP contribution in [0.5, 0.6) is 0 Å². The second kappa shape index (κ2) is 36.3. The number of allylic oxidation sites excluding steroid dienone is 4. The first-order valence-corrected chi connectivity index (χ1v) is 27.2. The molecule has 7 nitrogen and oxygen atoms in total. The molecule has 1 aliphatic carbocycles. The Labute approximate surface area is 407 Å². The van der Waals surface area contributed by atoms with Gasteiger partial charge in [0.25, 0.3) is 0 Å². The summed E-state index contributed by atoms with van der Waals surface area (Å²) in [6.45, 7) is 4.56. The molecule has 7 heteroatoms. The standard InChI is InChI=1S/C60H89N5O2/c1-3-5-7-9-11-13-15-17-19-21-23-25-27-29-31-33-59(66)64-57-47-43-55(44-48-57)62-53-39-35-51(36-40-53)61-52-37-41-54(42-38-52)63-56-45-49-58(50-46-56)65-60(67)34-32-30-28-26-24-22-20-18-16-14-12-10-8-6-4-2/h35-50,62H,3-34H2,1-2H3,(H,64,66)(H,65,67). The van der Waals surface area contributed by atoms with Crippen molar-refractivity contribution in [1.82, 2.24) is 0 Å². The average molecular weight is 912 g/mol. The predicted octanol–water partition coefficient (Wildman–Crippen LogP) is 18.8. The Morgan fingerprint density at radius 3 is 0.866 bits per heavy atom. The molecule has 0 saturated heterocycles. The third-order valence-electron chi connectivity index (χ3n) is 12.9. The lowest BCUT2D eigenvalue weighted by atomic mass is 10.0. The van der Waals surface area contributed by atoms with Gasteiger partial charge in [0.15, 0.2) is 0 Å². The maximum atomic E-state index is 12.5. The van der Waals surface area contributed by atoms with Gasteiger partial charge in [-0.1, -0.05) is 194 Å². The van der Waals surface area contributed by atoms with Gasteiger partial charge >= 0.3 is 0 Å². The van der Waals surface area contributed by atoms with Crippen molar-refractivity contribution in [3.63, 3.8) is 0 Å². The molecule has 2 amide bonds. The summed E-state index contributed by atoms with van der Waals surface area (Å²) in [5.74, 6) is 0.171. The van der Waals surface area contributed by atoms with Crippen LogP contribution in [0, 0.1) is 0 Å². The first-order valence-electron chi connectivity index (χ1n) is 27.2. The van der Waals surface area contributed by atoms with Crippen molar-refractivity contribution in [2.45, 2.75) is 219 Å². The quantitative estimate of drug-likeness (QED) is 0.0395. The molecule has 0 bridgehead atoms. The number of anilines is 4. The van der Waals surface area contributed by atoms with Crippen molar-refractivity contribution >= 4 is 57.4 Å². The molecule has 0 aliphatic heterocycles. The van der Waals surface area contributed by atoms with E-state index in [2.05, 4.69) is 29.8 Å². The second-order valence-corrected chi connectivity index (χ2v) is 19.0. The van der Waals surface area contributed by atoms with Crippen LogP contribution in [0.1, 0.15) is 219 Å². The van der Waals surface area contributed by atoms with Crippen LogP contribution in [-0.4, -0.2) is 23.2 Å². The average Bonchev–Trinajstić information content (AvgIpc) is 3.34. The van der Waals surface area contributed by atoms with Gasteiger partial charge in [-0.15, -0.1) is 0 Å². The zero-order valence-electron chi connectivity index (χ0n) is 42.1. The molecular formula is C60H89N5O2. The van der Waals surface area contributed by atoms with E-state index in [0.29, 0.717) is 12.8 Å². The lowest BCUT2D eigenvalue weighted by Gasteiger charge is -2.09. The number of rotatable bonds is 38. The van der Waals surface area contributed by atoms with Crippen LogP contribution in [0.25, 0.3) is 0 Å². The lowest BCUT2D eigenvalue weighted by molar-refractivity contribution is -0.117. The van der Waals surface area contributed by atoms with Crippen LogP contribution < -0.4 is 16.0 Å². The molecule has 0 aromatic heterocycles. The summed E-state index contributed by atoms with van der Waals surface area (Å²) in [6, 6.07) is 23.6. The molecular weight excluding hydrogens is 823 g/mol. The van der Waals surface area contributed by atoms with Crippen LogP contribution in [0.2, 0.25) is 0 Å². The third-order valence-corrected chi connectivity index (χ3v) is 12.9. The Hall–Kier alpha value is -4.78. The molecule has 4 rings (SSSR count). The van der Waals surface area contributed by atoms with Crippen molar-refractivity contribution in [3.8, 4) is 0 Å². The predicted molar refractivity (Wildman–Crippen MR) is 291 cm³/mol. The number of nitrogens with one attached hydrogen (secondary N) is 3. The molecule has 0 fully saturated rings. The van der Waals surface area contributed by atoms with Crippen LogP contribution >= 0.6 is 0 Å². The Bertz CT molecular complexity index is 1860. The number of unbranched alkanes of at least 4 members (excludes halogenated alkanes) is 28. The van der Waals surface area contributed by atoms with Crippen LogP contribution in [-0.2, 0) is 9.59 Å². The largest absolute Gasteiger partial charge is 0.356 e. The lowest BCUT2D eigenvalue weighted by Crippen LogP contribution is -2.10. The highest BCUT2D eigenvalue weighted by molar-refractivity contribution is 6.19. The molecule has 366 valence electrons. The van der Waals surface area contributed by atoms with Crippen molar-refractivity contribution < 1.29 is 9.59 Å². The SMILES string of the molecule is CCCCCCCCCCCCCCCCCC(=O)Nc1ccc(N=C2C=CC(=Nc3ccc(Nc4ccc(NC(=O)CCCCCCCCCCCCCCCCC)cc4)cc3)C=C2)cc1. The fourth-order valence-corrected chi connectivity index (χ4v) is 8.70. The summed E-state index contributed by atoms with van der Waals surface area (Å²) >= 11 is 0. The molecule has 1 aliphatic rings. The molecule has 0 unspecified atom stereocenters. The number of carbonyl (C=O) groups is 2. The first-order chi connectivity index (χ1) is 33.0. The number of hydrogen-bond acceptors (Lipinski definition) is 5. The minimum Gasteiger partial charge on any atom is -0.356 e. The number of amides is 2. The minimum atomic E-state index is 0.0812. The van der Waals surface area contributed by atoms with Gasteiger partial charge in [0.1, 0.15) is 0 Å². The summed E-state index contributed by atoms with van der Waals surface area (Å²) in [7, 11) is 0. The number of aliphatic imine (C=N–C) groups is 2. The van der Waals surface area contributed by atoms with Gasteiger partial charge in [-0.25, -0.2) is 9.98 Å². The summed E-state index contributed by atoms with van der Waals surface area (Å²) < 4.78 is 0. The van der Waals surface area contributed by atoms with Gasteiger partial charge < -0.3 is 16.0 Å². The summed E-state index contributed by atoms with van der Waals surface area (Å²) in [5, 5.41) is 9.54. The number of benzene rings is 3. The van der Waals surface area contributed by atoms with E-state index >= 15 is 0 Å². The van der Waals surface area contributed by atoms with Crippen molar-refractivity contribution in [1.29, 1.82) is 0 Å². The molecule has 67 heavy (non-hydrogen) atoms. The maximum Gasteiger partial charge on any atom is 0.224 e. The van der Waals surface area contributed by atoms with Gasteiger partial charge in [-0.05, 0) is 110 Å². The van der Waals surface area contributed by atoms with Crippen LogP contribution in [0.15, 0.2) is 107 Å². The van der Waals surface area contributed by atoms with E-state index < -0.39 is 0 Å². The topological polar surface area (TPSA) is 94.9 Å². The van der Waals surface area contributed by atoms with Crippen molar-refractivity contribution in [2.75, 3.05) is 16.0 Å². The smallest absolute Gasteiger partial charge is 0.224 e. The van der Waals surface area contributed by atoms with Crippen LogP contribution in [0.4, 0.5) is 34.1 Å². The Kier molecular flexibility index (Phi) is 29.7. The van der Waals surface area contributed by atoms with E-state index in [-0.39, 0.29) is 11.8 Å². The third kappa shape index (κ3) is 27.0. The van der Waals surface area contributed by atoms with Gasteiger partial charge in [0.05, 0.1) is 22.8 Å². The highest BCUT2D eigenvalue weighted by atomic mass is 16.2. The van der Waals surface area contributed by atoms with E-state index in [1.165, 1.54) is 167 Å². The first kappa shape index (κ1) is 54.8. The monoisotopic (exact) mass is 912 g/mol. The Morgan fingerprint density at radius 1 is 0.328 bits per heavy atom. The molecule has 0 saturated carbocycles. The van der Waals surface area contributed by atoms with E-state index in [9.17, 15) is 9.59 Å². The number of hydrogen-bond donors (Lipinski definition) is 3. The Morgan fingerprint density at radius 2 is 0.567 bits per heavy atom. The molecule has 0 spiro atoms. The molecule has 3 aromatic rings. The van der Waals surface area contributed by atoms with E-state index in [1.807, 2.05) is 97.1 Å². The van der Waals surface area contributed by atoms with Gasteiger partial charge in [0, 0.05) is 35.6 Å². The van der Waals surface area contributed by atoms with Crippen molar-refractivity contribution in [2.24, 2.45) is 9.98 Å². The fourth-order valence-electron chi connectivity index (χ4n) is 8.70. The second-order valence-electron chi connectivity index (χ2n) is 19.0. The van der Waals surface area contributed by atoms with E-state index in [1.54, 1.807) is 0 Å². The molecule has 0 radical (unpaired) electrons. The zero-order chi connectivity index (χ0) is 47.3. The number of nitrogens with zero attached hydrogens (tertiary/aromatic N) is 2. The van der Waals surface area contributed by atoms with Crippen LogP contribution in [0.3, 0.4) is 0 Å². The summed E-state index contributed by atoms with van der Waals surface area (Å²) in [6.07, 6.45) is 48.7. The minimum absolute atomic E-state index is 0.0812. The fraction of sp³-hybridized carbons (Fsp3) is 0.567. The van der Waals surface area contributed by atoms with Gasteiger partial charge in [-0.2, -0.15) is 0 Å². The van der Waals surface area contributed by atoms with E-state index in [0.717, 1.165) is 71.2 Å². The molecule has 3 N–H and O–H groups in total. The molecule has 0 atom stereocenters. The molecule has 3 aromatic carbocycles. The zero-order valence-corrected chi connectivity index (χ0v) is 42.1. The molecule has 0 heterocycles. The number of carbonyl (C=O) groups excluding carboxylic acids is 2. The van der Waals surface area contributed by atoms with E-state index in [4.69, 9.17) is 9.98 Å². The summed E-state index contributed by atoms with van der Waals surface area (Å²) in [5.41, 5.74) is 6.93. The highest BCUT2D eigenvalue weighted by Gasteiger charge is 2.07.